The van der Waals surface area contributed by atoms with Gasteiger partial charge in [-0.25, -0.2) is 4.79 Å². The van der Waals surface area contributed by atoms with Gasteiger partial charge in [0, 0.05) is 6.42 Å². The van der Waals surface area contributed by atoms with Crippen molar-refractivity contribution in [3.8, 4) is 0 Å². The SMILES string of the molecule is CCC(NC(=O)CCc1ccccc1C(=O)O)c1ccc(C)cc1. The molecule has 0 saturated carbocycles. The lowest BCUT2D eigenvalue weighted by Gasteiger charge is -2.18. The van der Waals surface area contributed by atoms with Gasteiger partial charge in [0.1, 0.15) is 0 Å². The molecule has 2 aromatic carbocycles. The Bertz CT molecular complexity index is 707. The first-order chi connectivity index (χ1) is 11.5. The summed E-state index contributed by atoms with van der Waals surface area (Å²) >= 11 is 0. The molecule has 4 heteroatoms. The van der Waals surface area contributed by atoms with Crippen LogP contribution in [0.1, 0.15) is 52.9 Å². The third-order valence-corrected chi connectivity index (χ3v) is 4.09. The third-order valence-electron chi connectivity index (χ3n) is 4.09. The summed E-state index contributed by atoms with van der Waals surface area (Å²) in [5, 5.41) is 12.2. The molecule has 2 aromatic rings. The fourth-order valence-electron chi connectivity index (χ4n) is 2.68. The number of carbonyl (C=O) groups excluding carboxylic acids is 1. The lowest BCUT2D eigenvalue weighted by molar-refractivity contribution is -0.121. The van der Waals surface area contributed by atoms with Gasteiger partial charge >= 0.3 is 5.97 Å². The van der Waals surface area contributed by atoms with Crippen molar-refractivity contribution in [2.45, 2.75) is 39.2 Å². The van der Waals surface area contributed by atoms with Crippen LogP contribution in [0, 0.1) is 6.92 Å². The lowest BCUT2D eigenvalue weighted by atomic mass is 10.0. The minimum Gasteiger partial charge on any atom is -0.478 e. The molecule has 2 rings (SSSR count). The van der Waals surface area contributed by atoms with Crippen LogP contribution >= 0.6 is 0 Å². The summed E-state index contributed by atoms with van der Waals surface area (Å²) in [5.74, 6) is -1.03. The number of amides is 1. The molecule has 0 saturated heterocycles. The number of hydrogen-bond donors (Lipinski definition) is 2. The van der Waals surface area contributed by atoms with Gasteiger partial charge in [0.2, 0.25) is 5.91 Å². The summed E-state index contributed by atoms with van der Waals surface area (Å²) in [4.78, 5) is 23.5. The van der Waals surface area contributed by atoms with E-state index >= 15 is 0 Å². The van der Waals surface area contributed by atoms with E-state index in [1.165, 1.54) is 5.56 Å². The Kier molecular flexibility index (Phi) is 6.13. The topological polar surface area (TPSA) is 66.4 Å². The van der Waals surface area contributed by atoms with Crippen LogP contribution in [-0.4, -0.2) is 17.0 Å². The van der Waals surface area contributed by atoms with Crippen LogP contribution in [0.3, 0.4) is 0 Å². The van der Waals surface area contributed by atoms with Crippen LogP contribution in [0.15, 0.2) is 48.5 Å². The highest BCUT2D eigenvalue weighted by Crippen LogP contribution is 2.18. The zero-order valence-electron chi connectivity index (χ0n) is 14.1. The molecule has 1 atom stereocenters. The van der Waals surface area contributed by atoms with Gasteiger partial charge in [-0.15, -0.1) is 0 Å². The molecule has 126 valence electrons. The van der Waals surface area contributed by atoms with Crippen molar-refractivity contribution in [1.82, 2.24) is 5.32 Å². The molecule has 0 radical (unpaired) electrons. The molecule has 2 N–H and O–H groups in total. The number of benzene rings is 2. The molecule has 1 amide bonds. The Hall–Kier alpha value is -2.62. The summed E-state index contributed by atoms with van der Waals surface area (Å²) in [5.41, 5.74) is 3.21. The first-order valence-corrected chi connectivity index (χ1v) is 8.18. The maximum absolute atomic E-state index is 12.2. The normalized spacial score (nSPS) is 11.8. The van der Waals surface area contributed by atoms with Crippen LogP contribution < -0.4 is 5.32 Å². The highest BCUT2D eigenvalue weighted by molar-refractivity contribution is 5.89. The molecule has 0 heterocycles. The minimum atomic E-state index is -0.961. The number of aromatic carboxylic acids is 1. The zero-order valence-corrected chi connectivity index (χ0v) is 14.1. The second-order valence-electron chi connectivity index (χ2n) is 5.90. The largest absolute Gasteiger partial charge is 0.478 e. The van der Waals surface area contributed by atoms with Crippen LogP contribution in [0.4, 0.5) is 0 Å². The number of carboxylic acid groups (broad SMARTS) is 1. The van der Waals surface area contributed by atoms with Crippen molar-refractivity contribution in [1.29, 1.82) is 0 Å². The maximum Gasteiger partial charge on any atom is 0.335 e. The summed E-state index contributed by atoms with van der Waals surface area (Å²) in [6, 6.07) is 14.9. The quantitative estimate of drug-likeness (QED) is 0.811. The molecule has 1 unspecified atom stereocenters. The predicted octanol–water partition coefficient (Wildman–Crippen LogP) is 3.89. The van der Waals surface area contributed by atoms with Gasteiger partial charge in [-0.3, -0.25) is 4.79 Å². The highest BCUT2D eigenvalue weighted by atomic mass is 16.4. The molecule has 0 bridgehead atoms. The smallest absolute Gasteiger partial charge is 0.335 e. The van der Waals surface area contributed by atoms with E-state index in [9.17, 15) is 14.7 Å². The predicted molar refractivity (Wildman–Crippen MR) is 94.1 cm³/mol. The first-order valence-electron chi connectivity index (χ1n) is 8.18. The van der Waals surface area contributed by atoms with Gasteiger partial charge < -0.3 is 10.4 Å². The zero-order chi connectivity index (χ0) is 17.5. The molecule has 0 aromatic heterocycles. The molecule has 4 nitrogen and oxygen atoms in total. The van der Waals surface area contributed by atoms with Crippen molar-refractivity contribution < 1.29 is 14.7 Å². The number of carbonyl (C=O) groups is 2. The average Bonchev–Trinajstić information content (AvgIpc) is 2.59. The van der Waals surface area contributed by atoms with Crippen LogP contribution in [0.5, 0.6) is 0 Å². The van der Waals surface area contributed by atoms with E-state index in [0.717, 1.165) is 12.0 Å². The van der Waals surface area contributed by atoms with Crippen LogP contribution in [-0.2, 0) is 11.2 Å². The second kappa shape index (κ2) is 8.29. The van der Waals surface area contributed by atoms with Gasteiger partial charge in [-0.1, -0.05) is 55.0 Å². The van der Waals surface area contributed by atoms with Crippen molar-refractivity contribution >= 4 is 11.9 Å². The molecule has 24 heavy (non-hydrogen) atoms. The van der Waals surface area contributed by atoms with Crippen molar-refractivity contribution in [3.05, 3.63) is 70.8 Å². The first kappa shape index (κ1) is 17.7. The lowest BCUT2D eigenvalue weighted by Crippen LogP contribution is -2.28. The van der Waals surface area contributed by atoms with E-state index in [1.54, 1.807) is 24.3 Å². The van der Waals surface area contributed by atoms with Crippen molar-refractivity contribution in [2.24, 2.45) is 0 Å². The molecule has 0 aliphatic rings. The third kappa shape index (κ3) is 4.69. The summed E-state index contributed by atoms with van der Waals surface area (Å²) in [7, 11) is 0. The van der Waals surface area contributed by atoms with E-state index < -0.39 is 5.97 Å². The Morgan fingerprint density at radius 3 is 2.38 bits per heavy atom. The Labute approximate surface area is 142 Å². The Morgan fingerprint density at radius 2 is 1.75 bits per heavy atom. The molecular weight excluding hydrogens is 302 g/mol. The van der Waals surface area contributed by atoms with E-state index in [4.69, 9.17) is 0 Å². The average molecular weight is 325 g/mol. The van der Waals surface area contributed by atoms with E-state index in [0.29, 0.717) is 12.0 Å². The van der Waals surface area contributed by atoms with Crippen molar-refractivity contribution in [3.63, 3.8) is 0 Å². The number of rotatable bonds is 7. The van der Waals surface area contributed by atoms with Gasteiger partial charge in [0.15, 0.2) is 0 Å². The van der Waals surface area contributed by atoms with Gasteiger partial charge in [-0.05, 0) is 37.0 Å². The molecule has 0 aliphatic carbocycles. The molecular formula is C20H23NO3. The number of nitrogens with one attached hydrogen (secondary N) is 1. The Balaban J connectivity index is 1.97. The maximum atomic E-state index is 12.2. The fourth-order valence-corrected chi connectivity index (χ4v) is 2.68. The van der Waals surface area contributed by atoms with Crippen molar-refractivity contribution in [2.75, 3.05) is 0 Å². The van der Waals surface area contributed by atoms with E-state index in [1.807, 2.05) is 38.1 Å². The molecule has 0 fully saturated rings. The van der Waals surface area contributed by atoms with Crippen LogP contribution in [0.25, 0.3) is 0 Å². The fraction of sp³-hybridized carbons (Fsp3) is 0.300. The summed E-state index contributed by atoms with van der Waals surface area (Å²) in [6.07, 6.45) is 1.49. The van der Waals surface area contributed by atoms with E-state index in [-0.39, 0.29) is 23.9 Å². The van der Waals surface area contributed by atoms with Gasteiger partial charge in [0.25, 0.3) is 0 Å². The number of aryl methyl sites for hydroxylation is 2. The molecule has 0 spiro atoms. The monoisotopic (exact) mass is 325 g/mol. The van der Waals surface area contributed by atoms with Gasteiger partial charge in [-0.2, -0.15) is 0 Å². The van der Waals surface area contributed by atoms with Crippen LogP contribution in [0.2, 0.25) is 0 Å². The number of hydrogen-bond acceptors (Lipinski definition) is 2. The summed E-state index contributed by atoms with van der Waals surface area (Å²) in [6.45, 7) is 4.06. The highest BCUT2D eigenvalue weighted by Gasteiger charge is 2.14. The second-order valence-corrected chi connectivity index (χ2v) is 5.90. The minimum absolute atomic E-state index is 0.0205. The number of carboxylic acids is 1. The standard InChI is InChI=1S/C20H23NO3/c1-3-18(16-10-8-14(2)9-11-16)21-19(22)13-12-15-6-4-5-7-17(15)20(23)24/h4-11,18H,3,12-13H2,1-2H3,(H,21,22)(H,23,24). The summed E-state index contributed by atoms with van der Waals surface area (Å²) < 4.78 is 0. The Morgan fingerprint density at radius 1 is 1.08 bits per heavy atom. The molecule has 0 aliphatic heterocycles. The van der Waals surface area contributed by atoms with E-state index in [2.05, 4.69) is 5.32 Å². The van der Waals surface area contributed by atoms with Gasteiger partial charge in [0.05, 0.1) is 11.6 Å².